The van der Waals surface area contributed by atoms with Crippen molar-refractivity contribution in [3.63, 3.8) is 0 Å². The van der Waals surface area contributed by atoms with E-state index >= 15 is 0 Å². The van der Waals surface area contributed by atoms with E-state index in [4.69, 9.17) is 16.3 Å². The van der Waals surface area contributed by atoms with Gasteiger partial charge in [-0.05, 0) is 64.3 Å². The van der Waals surface area contributed by atoms with E-state index in [-0.39, 0.29) is 18.0 Å². The minimum absolute atomic E-state index is 0.0347. The van der Waals surface area contributed by atoms with Gasteiger partial charge in [-0.15, -0.1) is 0 Å². The van der Waals surface area contributed by atoms with Gasteiger partial charge < -0.3 is 4.74 Å². The number of benzene rings is 3. The third-order valence-corrected chi connectivity index (χ3v) is 6.67. The SMILES string of the molecule is CCCCc1nc2ccc(Br)cc2c(=O)n1N=Cc1cc(Cl)c(OCc2ccccc2F)c(Br)c1. The molecule has 35 heavy (non-hydrogen) atoms. The summed E-state index contributed by atoms with van der Waals surface area (Å²) in [7, 11) is 0. The Hall–Kier alpha value is -2.55. The van der Waals surface area contributed by atoms with Gasteiger partial charge in [-0.2, -0.15) is 9.78 Å². The first-order valence-electron chi connectivity index (χ1n) is 11.0. The van der Waals surface area contributed by atoms with Gasteiger partial charge in [-0.25, -0.2) is 9.37 Å². The van der Waals surface area contributed by atoms with Crippen LogP contribution in [0.3, 0.4) is 0 Å². The second-order valence-corrected chi connectivity index (χ2v) is 10.0. The van der Waals surface area contributed by atoms with E-state index in [1.54, 1.807) is 42.6 Å². The van der Waals surface area contributed by atoms with Crippen molar-refractivity contribution in [3.8, 4) is 5.75 Å². The van der Waals surface area contributed by atoms with Crippen molar-refractivity contribution >= 4 is 60.6 Å². The number of unbranched alkanes of at least 4 members (excludes halogenated alkanes) is 1. The average molecular weight is 622 g/mol. The van der Waals surface area contributed by atoms with Gasteiger partial charge in [0.05, 0.1) is 26.6 Å². The number of aromatic nitrogens is 2. The summed E-state index contributed by atoms with van der Waals surface area (Å²) in [5.74, 6) is 0.645. The first-order valence-corrected chi connectivity index (χ1v) is 12.9. The Balaban J connectivity index is 1.65. The van der Waals surface area contributed by atoms with E-state index < -0.39 is 0 Å². The Kier molecular flexibility index (Phi) is 8.36. The molecule has 0 saturated heterocycles. The zero-order chi connectivity index (χ0) is 24.9. The fourth-order valence-electron chi connectivity index (χ4n) is 3.49. The highest BCUT2D eigenvalue weighted by Crippen LogP contribution is 2.35. The van der Waals surface area contributed by atoms with Crippen LogP contribution in [0.25, 0.3) is 10.9 Å². The Morgan fingerprint density at radius 3 is 2.71 bits per heavy atom. The normalized spacial score (nSPS) is 11.5. The van der Waals surface area contributed by atoms with Crippen molar-refractivity contribution in [2.24, 2.45) is 5.10 Å². The number of rotatable bonds is 8. The number of ether oxygens (including phenoxy) is 1. The molecule has 0 aliphatic rings. The summed E-state index contributed by atoms with van der Waals surface area (Å²) in [6.45, 7) is 2.12. The third-order valence-electron chi connectivity index (χ3n) is 5.30. The quantitative estimate of drug-likeness (QED) is 0.191. The highest BCUT2D eigenvalue weighted by atomic mass is 79.9. The van der Waals surface area contributed by atoms with Crippen LogP contribution in [-0.4, -0.2) is 15.9 Å². The molecular weight excluding hydrogens is 601 g/mol. The minimum Gasteiger partial charge on any atom is -0.486 e. The molecule has 3 aromatic carbocycles. The Morgan fingerprint density at radius 2 is 1.97 bits per heavy atom. The van der Waals surface area contributed by atoms with E-state index in [1.807, 2.05) is 12.1 Å². The Morgan fingerprint density at radius 1 is 1.17 bits per heavy atom. The maximum atomic E-state index is 13.9. The lowest BCUT2D eigenvalue weighted by Crippen LogP contribution is -2.22. The Labute approximate surface area is 223 Å². The largest absolute Gasteiger partial charge is 0.486 e. The van der Waals surface area contributed by atoms with Gasteiger partial charge in [-0.3, -0.25) is 4.79 Å². The lowest BCUT2D eigenvalue weighted by Gasteiger charge is -2.12. The maximum Gasteiger partial charge on any atom is 0.282 e. The van der Waals surface area contributed by atoms with Gasteiger partial charge >= 0.3 is 0 Å². The molecular formula is C26H21Br2ClFN3O2. The molecule has 1 aromatic heterocycles. The summed E-state index contributed by atoms with van der Waals surface area (Å²) in [6, 6.07) is 15.3. The van der Waals surface area contributed by atoms with E-state index in [2.05, 4.69) is 48.9 Å². The number of hydrogen-bond acceptors (Lipinski definition) is 4. The maximum absolute atomic E-state index is 13.9. The van der Waals surface area contributed by atoms with Crippen molar-refractivity contribution < 1.29 is 9.13 Å². The van der Waals surface area contributed by atoms with Gasteiger partial charge in [0, 0.05) is 16.5 Å². The van der Waals surface area contributed by atoms with Crippen molar-refractivity contribution in [2.45, 2.75) is 32.8 Å². The molecule has 0 spiro atoms. The molecule has 0 N–H and O–H groups in total. The van der Waals surface area contributed by atoms with Gasteiger partial charge in [0.15, 0.2) is 5.75 Å². The molecule has 0 atom stereocenters. The van der Waals surface area contributed by atoms with E-state index in [9.17, 15) is 9.18 Å². The van der Waals surface area contributed by atoms with Crippen LogP contribution in [0.4, 0.5) is 4.39 Å². The predicted molar refractivity (Wildman–Crippen MR) is 145 cm³/mol. The molecule has 4 rings (SSSR count). The van der Waals surface area contributed by atoms with Crippen LogP contribution in [0.5, 0.6) is 5.75 Å². The van der Waals surface area contributed by atoms with Crippen molar-refractivity contribution in [3.05, 3.63) is 102 Å². The first-order chi connectivity index (χ1) is 16.9. The molecule has 0 aliphatic carbocycles. The fraction of sp³-hybridized carbons (Fsp3) is 0.192. The standard InChI is InChI=1S/C26H21Br2ClFN3O2/c1-2-3-8-24-32-23-10-9-18(27)13-19(23)26(34)33(24)31-14-16-11-20(28)25(21(29)12-16)35-15-17-6-4-5-7-22(17)30/h4-7,9-14H,2-3,8,15H2,1H3. The van der Waals surface area contributed by atoms with Crippen molar-refractivity contribution in [1.29, 1.82) is 0 Å². The van der Waals surface area contributed by atoms with Crippen LogP contribution in [0.2, 0.25) is 5.02 Å². The molecule has 9 heteroatoms. The summed E-state index contributed by atoms with van der Waals surface area (Å²) < 4.78 is 22.4. The summed E-state index contributed by atoms with van der Waals surface area (Å²) >= 11 is 13.3. The molecule has 0 unspecified atom stereocenters. The van der Waals surface area contributed by atoms with Crippen LogP contribution in [-0.2, 0) is 13.0 Å². The highest BCUT2D eigenvalue weighted by molar-refractivity contribution is 9.10. The topological polar surface area (TPSA) is 56.5 Å². The zero-order valence-corrected chi connectivity index (χ0v) is 22.7. The molecule has 0 fully saturated rings. The summed E-state index contributed by atoms with van der Waals surface area (Å²) in [4.78, 5) is 17.9. The molecule has 0 bridgehead atoms. The first kappa shape index (κ1) is 25.5. The molecule has 4 aromatic rings. The van der Waals surface area contributed by atoms with Crippen molar-refractivity contribution in [1.82, 2.24) is 9.66 Å². The van der Waals surface area contributed by atoms with Crippen LogP contribution in [0, 0.1) is 5.82 Å². The predicted octanol–water partition coefficient (Wildman–Crippen LogP) is 7.52. The van der Waals surface area contributed by atoms with Crippen LogP contribution >= 0.6 is 43.5 Å². The number of nitrogens with zero attached hydrogens (tertiary/aromatic N) is 3. The fourth-order valence-corrected chi connectivity index (χ4v) is 4.84. The van der Waals surface area contributed by atoms with Gasteiger partial charge in [0.25, 0.3) is 5.56 Å². The molecule has 0 saturated carbocycles. The lowest BCUT2D eigenvalue weighted by molar-refractivity contribution is 0.298. The molecule has 0 radical (unpaired) electrons. The zero-order valence-electron chi connectivity index (χ0n) is 18.8. The third kappa shape index (κ3) is 6.00. The minimum atomic E-state index is -0.344. The van der Waals surface area contributed by atoms with E-state index in [0.29, 0.717) is 49.5 Å². The number of halogens is 4. The van der Waals surface area contributed by atoms with Crippen LogP contribution in [0.15, 0.2) is 73.4 Å². The monoisotopic (exact) mass is 619 g/mol. The van der Waals surface area contributed by atoms with Gasteiger partial charge in [0.1, 0.15) is 18.2 Å². The van der Waals surface area contributed by atoms with E-state index in [0.717, 1.165) is 17.3 Å². The van der Waals surface area contributed by atoms with Gasteiger partial charge in [0.2, 0.25) is 0 Å². The van der Waals surface area contributed by atoms with E-state index in [1.165, 1.54) is 10.7 Å². The second-order valence-electron chi connectivity index (χ2n) is 7.85. The number of fused-ring (bicyclic) bond motifs is 1. The molecule has 5 nitrogen and oxygen atoms in total. The summed E-state index contributed by atoms with van der Waals surface area (Å²) in [5.41, 5.74) is 1.48. The molecule has 180 valence electrons. The smallest absolute Gasteiger partial charge is 0.282 e. The van der Waals surface area contributed by atoms with Crippen LogP contribution in [0.1, 0.15) is 36.7 Å². The lowest BCUT2D eigenvalue weighted by atomic mass is 10.2. The van der Waals surface area contributed by atoms with Crippen molar-refractivity contribution in [2.75, 3.05) is 0 Å². The molecule has 1 heterocycles. The molecule has 0 amide bonds. The second kappa shape index (κ2) is 11.5. The number of hydrogen-bond donors (Lipinski definition) is 0. The highest BCUT2D eigenvalue weighted by Gasteiger charge is 2.13. The van der Waals surface area contributed by atoms with Gasteiger partial charge in [-0.1, -0.05) is 59.1 Å². The average Bonchev–Trinajstić information content (AvgIpc) is 2.83. The van der Waals surface area contributed by atoms with Crippen LogP contribution < -0.4 is 10.3 Å². The Bertz CT molecular complexity index is 1450. The summed E-state index contributed by atoms with van der Waals surface area (Å²) in [5, 5.41) is 5.27. The number of aryl methyl sites for hydroxylation is 1. The summed E-state index contributed by atoms with van der Waals surface area (Å²) in [6.07, 6.45) is 4.03. The molecule has 0 aliphatic heterocycles.